The van der Waals surface area contributed by atoms with E-state index in [1.165, 1.54) is 77.4 Å². The van der Waals surface area contributed by atoms with Gasteiger partial charge >= 0.3 is 0 Å². The van der Waals surface area contributed by atoms with E-state index in [1.807, 2.05) is 0 Å². The Hall–Kier alpha value is -0.0800. The molecule has 1 heterocycles. The first-order valence-electron chi connectivity index (χ1n) is 8.76. The lowest BCUT2D eigenvalue weighted by molar-refractivity contribution is 0.0646. The zero-order chi connectivity index (χ0) is 13.1. The highest BCUT2D eigenvalue weighted by Crippen LogP contribution is 2.37. The number of likely N-dealkylation sites (tertiary alicyclic amines) is 1. The fraction of sp³-hybridized carbons (Fsp3) is 1.00. The highest BCUT2D eigenvalue weighted by atomic mass is 15.1. The van der Waals surface area contributed by atoms with E-state index < -0.39 is 0 Å². The van der Waals surface area contributed by atoms with Gasteiger partial charge in [0.25, 0.3) is 0 Å². The van der Waals surface area contributed by atoms with Crippen molar-refractivity contribution in [1.29, 1.82) is 0 Å². The second kappa shape index (κ2) is 6.58. The topological polar surface area (TPSA) is 15.3 Å². The third kappa shape index (κ3) is 3.33. The summed E-state index contributed by atoms with van der Waals surface area (Å²) < 4.78 is 0. The lowest BCUT2D eigenvalue weighted by atomic mass is 9.74. The molecule has 0 spiro atoms. The normalized spacial score (nSPS) is 40.9. The van der Waals surface area contributed by atoms with E-state index in [0.29, 0.717) is 0 Å². The number of fused-ring (bicyclic) bond motifs is 1. The van der Waals surface area contributed by atoms with Crippen molar-refractivity contribution in [3.8, 4) is 0 Å². The molecular weight excluding hydrogens is 232 g/mol. The van der Waals surface area contributed by atoms with Crippen LogP contribution in [-0.2, 0) is 0 Å². The molecule has 1 aliphatic heterocycles. The Labute approximate surface area is 119 Å². The molecule has 2 saturated carbocycles. The molecule has 3 rings (SSSR count). The lowest BCUT2D eigenvalue weighted by Crippen LogP contribution is -2.47. The molecule has 1 saturated heterocycles. The number of nitrogens with one attached hydrogen (secondary N) is 1. The summed E-state index contributed by atoms with van der Waals surface area (Å²) in [6, 6.07) is 0.790. The van der Waals surface area contributed by atoms with E-state index in [0.717, 1.165) is 23.8 Å². The first-order valence-corrected chi connectivity index (χ1v) is 8.76. The second-order valence-electron chi connectivity index (χ2n) is 7.29. The van der Waals surface area contributed by atoms with Crippen molar-refractivity contribution < 1.29 is 0 Å². The van der Waals surface area contributed by atoms with E-state index in [4.69, 9.17) is 0 Å². The van der Waals surface area contributed by atoms with Crippen LogP contribution in [0.2, 0.25) is 0 Å². The largest absolute Gasteiger partial charge is 0.317 e. The summed E-state index contributed by atoms with van der Waals surface area (Å²) in [5.74, 6) is 3.04. The van der Waals surface area contributed by atoms with Crippen molar-refractivity contribution in [1.82, 2.24) is 10.2 Å². The summed E-state index contributed by atoms with van der Waals surface area (Å²) in [5.41, 5.74) is 0. The fourth-order valence-electron chi connectivity index (χ4n) is 4.98. The summed E-state index contributed by atoms with van der Waals surface area (Å²) in [6.45, 7) is 4.17. The first kappa shape index (κ1) is 13.9. The van der Waals surface area contributed by atoms with Crippen LogP contribution in [-0.4, -0.2) is 37.6 Å². The van der Waals surface area contributed by atoms with Crippen LogP contribution in [0.3, 0.4) is 0 Å². The molecule has 3 aliphatic rings. The van der Waals surface area contributed by atoms with Crippen molar-refractivity contribution in [3.63, 3.8) is 0 Å². The van der Waals surface area contributed by atoms with Gasteiger partial charge in [0.2, 0.25) is 0 Å². The molecule has 0 aromatic rings. The maximum absolute atomic E-state index is 3.57. The molecule has 0 aromatic carbocycles. The van der Waals surface area contributed by atoms with Crippen LogP contribution in [0, 0.1) is 17.8 Å². The van der Waals surface area contributed by atoms with E-state index in [1.54, 1.807) is 0 Å². The molecule has 0 amide bonds. The summed E-state index contributed by atoms with van der Waals surface area (Å²) in [7, 11) is 2.16. The molecule has 0 bridgehead atoms. The van der Waals surface area contributed by atoms with Crippen LogP contribution >= 0.6 is 0 Å². The quantitative estimate of drug-likeness (QED) is 0.841. The smallest absolute Gasteiger partial charge is 0.0104 e. The van der Waals surface area contributed by atoms with Gasteiger partial charge in [-0.1, -0.05) is 32.1 Å². The molecule has 0 radical (unpaired) electrons. The lowest BCUT2D eigenvalue weighted by Gasteiger charge is -2.44. The van der Waals surface area contributed by atoms with Gasteiger partial charge in [-0.15, -0.1) is 0 Å². The molecule has 4 atom stereocenters. The van der Waals surface area contributed by atoms with Crippen molar-refractivity contribution in [2.75, 3.05) is 26.7 Å². The predicted molar refractivity (Wildman–Crippen MR) is 81.3 cm³/mol. The highest BCUT2D eigenvalue weighted by Gasteiger charge is 2.33. The standard InChI is InChI=1S/C17H32N2/c1-18-17-9-5-4-8-16(17)13-19-11-10-14-6-2-3-7-15(14)12-19/h14-18H,2-13H2,1H3. The minimum atomic E-state index is 0.790. The Kier molecular flexibility index (Phi) is 4.81. The Morgan fingerprint density at radius 3 is 2.47 bits per heavy atom. The Bertz CT molecular complexity index is 278. The van der Waals surface area contributed by atoms with E-state index in [2.05, 4.69) is 17.3 Å². The van der Waals surface area contributed by atoms with Gasteiger partial charge in [0, 0.05) is 19.1 Å². The SMILES string of the molecule is CNC1CCCCC1CN1CCC2CCCCC2C1. The zero-order valence-electron chi connectivity index (χ0n) is 12.7. The van der Waals surface area contributed by atoms with Gasteiger partial charge in [0.15, 0.2) is 0 Å². The van der Waals surface area contributed by atoms with Crippen LogP contribution in [0.5, 0.6) is 0 Å². The summed E-state index contributed by atoms with van der Waals surface area (Å²) in [4.78, 5) is 2.81. The maximum atomic E-state index is 3.57. The molecule has 3 fully saturated rings. The number of hydrogen-bond acceptors (Lipinski definition) is 2. The van der Waals surface area contributed by atoms with Crippen molar-refractivity contribution in [3.05, 3.63) is 0 Å². The third-order valence-corrected chi connectivity index (χ3v) is 6.15. The molecule has 2 aliphatic carbocycles. The summed E-state index contributed by atoms with van der Waals surface area (Å²) >= 11 is 0. The van der Waals surface area contributed by atoms with E-state index in [9.17, 15) is 0 Å². The van der Waals surface area contributed by atoms with Crippen molar-refractivity contribution in [2.45, 2.75) is 63.8 Å². The minimum absolute atomic E-state index is 0.790. The summed E-state index contributed by atoms with van der Waals surface area (Å²) in [5, 5.41) is 3.57. The number of hydrogen-bond donors (Lipinski definition) is 1. The molecular formula is C17H32N2. The molecule has 1 N–H and O–H groups in total. The Morgan fingerprint density at radius 1 is 0.895 bits per heavy atom. The van der Waals surface area contributed by atoms with Crippen molar-refractivity contribution in [2.24, 2.45) is 17.8 Å². The molecule has 2 heteroatoms. The fourth-order valence-corrected chi connectivity index (χ4v) is 4.98. The number of piperidine rings is 1. The predicted octanol–water partition coefficient (Wildman–Crippen LogP) is 3.28. The first-order chi connectivity index (χ1) is 9.36. The van der Waals surface area contributed by atoms with Crippen LogP contribution < -0.4 is 5.32 Å². The molecule has 0 aromatic heterocycles. The van der Waals surface area contributed by atoms with Gasteiger partial charge in [-0.3, -0.25) is 0 Å². The van der Waals surface area contributed by atoms with Crippen molar-refractivity contribution >= 4 is 0 Å². The van der Waals surface area contributed by atoms with E-state index >= 15 is 0 Å². The minimum Gasteiger partial charge on any atom is -0.317 e. The van der Waals surface area contributed by atoms with Crippen LogP contribution in [0.1, 0.15) is 57.8 Å². The van der Waals surface area contributed by atoms with Gasteiger partial charge in [0.1, 0.15) is 0 Å². The Morgan fingerprint density at radius 2 is 1.63 bits per heavy atom. The van der Waals surface area contributed by atoms with Crippen LogP contribution in [0.4, 0.5) is 0 Å². The van der Waals surface area contributed by atoms with Gasteiger partial charge in [0.05, 0.1) is 0 Å². The Balaban J connectivity index is 1.52. The van der Waals surface area contributed by atoms with Gasteiger partial charge in [-0.05, 0) is 57.0 Å². The molecule has 2 nitrogen and oxygen atoms in total. The van der Waals surface area contributed by atoms with Gasteiger partial charge < -0.3 is 10.2 Å². The third-order valence-electron chi connectivity index (χ3n) is 6.15. The molecule has 19 heavy (non-hydrogen) atoms. The second-order valence-corrected chi connectivity index (χ2v) is 7.29. The molecule has 4 unspecified atom stereocenters. The molecule has 110 valence electrons. The highest BCUT2D eigenvalue weighted by molar-refractivity contribution is 4.87. The monoisotopic (exact) mass is 264 g/mol. The summed E-state index contributed by atoms with van der Waals surface area (Å²) in [6.07, 6.45) is 13.3. The zero-order valence-corrected chi connectivity index (χ0v) is 12.7. The maximum Gasteiger partial charge on any atom is 0.0104 e. The van der Waals surface area contributed by atoms with Crippen LogP contribution in [0.25, 0.3) is 0 Å². The van der Waals surface area contributed by atoms with Crippen LogP contribution in [0.15, 0.2) is 0 Å². The van der Waals surface area contributed by atoms with E-state index in [-0.39, 0.29) is 0 Å². The number of rotatable bonds is 3. The van der Waals surface area contributed by atoms with Gasteiger partial charge in [-0.2, -0.15) is 0 Å². The average molecular weight is 264 g/mol. The van der Waals surface area contributed by atoms with Gasteiger partial charge in [-0.25, -0.2) is 0 Å². The average Bonchev–Trinajstić information content (AvgIpc) is 2.48. The number of nitrogens with zero attached hydrogens (tertiary/aromatic N) is 1.